The van der Waals surface area contributed by atoms with E-state index in [1.807, 2.05) is 6.92 Å². The van der Waals surface area contributed by atoms with Crippen molar-refractivity contribution in [2.45, 2.75) is 58.6 Å². The smallest absolute Gasteiger partial charge is 0.124 e. The summed E-state index contributed by atoms with van der Waals surface area (Å²) in [5.41, 5.74) is 8.41. The van der Waals surface area contributed by atoms with E-state index in [0.29, 0.717) is 6.10 Å². The van der Waals surface area contributed by atoms with Gasteiger partial charge in [-0.15, -0.1) is 0 Å². The third-order valence-corrected chi connectivity index (χ3v) is 3.84. The molecule has 3 atom stereocenters. The third-order valence-electron chi connectivity index (χ3n) is 3.84. The topological polar surface area (TPSA) is 35.2 Å². The number of hydrogen-bond donors (Lipinski definition) is 1. The first-order valence-corrected chi connectivity index (χ1v) is 7.09. The van der Waals surface area contributed by atoms with Crippen LogP contribution in [0.1, 0.15) is 56.7 Å². The van der Waals surface area contributed by atoms with Crippen LogP contribution in [-0.4, -0.2) is 6.10 Å². The Labute approximate surface area is 111 Å². The molecular formula is C16H25NO. The van der Waals surface area contributed by atoms with Crippen molar-refractivity contribution in [3.63, 3.8) is 0 Å². The van der Waals surface area contributed by atoms with Crippen molar-refractivity contribution in [3.8, 4) is 5.75 Å². The highest BCUT2D eigenvalue weighted by molar-refractivity contribution is 5.38. The van der Waals surface area contributed by atoms with Crippen molar-refractivity contribution in [1.29, 1.82) is 0 Å². The van der Waals surface area contributed by atoms with Gasteiger partial charge in [-0.2, -0.15) is 0 Å². The summed E-state index contributed by atoms with van der Waals surface area (Å²) in [5.74, 6) is 1.77. The first-order valence-electron chi connectivity index (χ1n) is 7.09. The molecule has 0 saturated heterocycles. The zero-order valence-corrected chi connectivity index (χ0v) is 11.8. The average molecular weight is 247 g/mol. The van der Waals surface area contributed by atoms with Crippen LogP contribution < -0.4 is 10.5 Å². The van der Waals surface area contributed by atoms with Crippen molar-refractivity contribution in [2.75, 3.05) is 0 Å². The predicted octanol–water partition coefficient (Wildman–Crippen LogP) is 3.97. The highest BCUT2D eigenvalue weighted by Crippen LogP contribution is 2.31. The van der Waals surface area contributed by atoms with Gasteiger partial charge in [0.05, 0.1) is 6.10 Å². The molecule has 0 amide bonds. The van der Waals surface area contributed by atoms with E-state index in [2.05, 4.69) is 32.0 Å². The molecule has 0 radical (unpaired) electrons. The molecule has 1 saturated carbocycles. The summed E-state index contributed by atoms with van der Waals surface area (Å²) in [7, 11) is 0. The summed E-state index contributed by atoms with van der Waals surface area (Å²) in [6, 6.07) is 6.36. The fourth-order valence-electron chi connectivity index (χ4n) is 2.80. The largest absolute Gasteiger partial charge is 0.490 e. The summed E-state index contributed by atoms with van der Waals surface area (Å²) in [6.07, 6.45) is 5.34. The van der Waals surface area contributed by atoms with Crippen molar-refractivity contribution in [1.82, 2.24) is 0 Å². The molecule has 100 valence electrons. The lowest BCUT2D eigenvalue weighted by Gasteiger charge is -2.28. The summed E-state index contributed by atoms with van der Waals surface area (Å²) in [6.45, 7) is 6.43. The van der Waals surface area contributed by atoms with Crippen molar-refractivity contribution in [2.24, 2.45) is 11.7 Å². The minimum absolute atomic E-state index is 0.0286. The number of rotatable bonds is 3. The monoisotopic (exact) mass is 247 g/mol. The highest BCUT2D eigenvalue weighted by Gasteiger charge is 2.21. The van der Waals surface area contributed by atoms with Crippen LogP contribution in [0.25, 0.3) is 0 Å². The maximum Gasteiger partial charge on any atom is 0.124 e. The van der Waals surface area contributed by atoms with Crippen LogP contribution in [0.5, 0.6) is 5.75 Å². The lowest BCUT2D eigenvalue weighted by Crippen LogP contribution is -2.25. The fraction of sp³-hybridized carbons (Fsp3) is 0.625. The molecule has 2 N–H and O–H groups in total. The van der Waals surface area contributed by atoms with Gasteiger partial charge in [0, 0.05) is 11.6 Å². The number of hydrogen-bond acceptors (Lipinski definition) is 2. The van der Waals surface area contributed by atoms with Gasteiger partial charge in [-0.05, 0) is 45.1 Å². The predicted molar refractivity (Wildman–Crippen MR) is 75.8 cm³/mol. The Balaban J connectivity index is 2.12. The Morgan fingerprint density at radius 2 is 2.11 bits per heavy atom. The molecule has 1 aromatic rings. The van der Waals surface area contributed by atoms with Gasteiger partial charge in [0.15, 0.2) is 0 Å². The summed E-state index contributed by atoms with van der Waals surface area (Å²) >= 11 is 0. The normalized spacial score (nSPS) is 25.8. The van der Waals surface area contributed by atoms with Gasteiger partial charge >= 0.3 is 0 Å². The second-order valence-corrected chi connectivity index (χ2v) is 5.84. The highest BCUT2D eigenvalue weighted by atomic mass is 16.5. The number of nitrogens with two attached hydrogens (primary N) is 1. The number of ether oxygens (including phenoxy) is 1. The van der Waals surface area contributed by atoms with Gasteiger partial charge < -0.3 is 10.5 Å². The van der Waals surface area contributed by atoms with E-state index in [1.165, 1.54) is 31.2 Å². The lowest BCUT2D eigenvalue weighted by molar-refractivity contribution is 0.127. The SMILES string of the molecule is Cc1ccc(OC2CCCC(C)C2)c([C@H](C)N)c1. The molecule has 1 fully saturated rings. The van der Waals surface area contributed by atoms with Gasteiger partial charge in [0.1, 0.15) is 5.75 Å². The molecule has 1 aromatic carbocycles. The van der Waals surface area contributed by atoms with Gasteiger partial charge in [-0.1, -0.05) is 31.0 Å². The Bertz CT molecular complexity index is 400. The van der Waals surface area contributed by atoms with Crippen molar-refractivity contribution < 1.29 is 4.74 Å². The van der Waals surface area contributed by atoms with Gasteiger partial charge in [-0.25, -0.2) is 0 Å². The van der Waals surface area contributed by atoms with E-state index in [0.717, 1.165) is 17.2 Å². The van der Waals surface area contributed by atoms with Crippen LogP contribution in [0.15, 0.2) is 18.2 Å². The molecule has 0 bridgehead atoms. The van der Waals surface area contributed by atoms with Crippen LogP contribution in [0, 0.1) is 12.8 Å². The maximum atomic E-state index is 6.19. The molecule has 2 unspecified atom stereocenters. The van der Waals surface area contributed by atoms with E-state index in [9.17, 15) is 0 Å². The van der Waals surface area contributed by atoms with Crippen LogP contribution in [0.2, 0.25) is 0 Å². The van der Waals surface area contributed by atoms with Crippen LogP contribution in [0.3, 0.4) is 0 Å². The Kier molecular flexibility index (Phi) is 4.28. The number of benzene rings is 1. The lowest BCUT2D eigenvalue weighted by atomic mass is 9.88. The first-order chi connectivity index (χ1) is 8.56. The van der Waals surface area contributed by atoms with E-state index in [4.69, 9.17) is 10.5 Å². The van der Waals surface area contributed by atoms with Gasteiger partial charge in [-0.3, -0.25) is 0 Å². The Hall–Kier alpha value is -1.02. The van der Waals surface area contributed by atoms with E-state index < -0.39 is 0 Å². The number of aryl methyl sites for hydroxylation is 1. The molecule has 1 aliphatic carbocycles. The second kappa shape index (κ2) is 5.75. The quantitative estimate of drug-likeness (QED) is 0.877. The third kappa shape index (κ3) is 3.26. The van der Waals surface area contributed by atoms with Crippen LogP contribution >= 0.6 is 0 Å². The van der Waals surface area contributed by atoms with Crippen molar-refractivity contribution in [3.05, 3.63) is 29.3 Å². The van der Waals surface area contributed by atoms with Crippen LogP contribution in [-0.2, 0) is 0 Å². The molecule has 1 aliphatic rings. The Morgan fingerprint density at radius 3 is 2.78 bits per heavy atom. The second-order valence-electron chi connectivity index (χ2n) is 5.84. The van der Waals surface area contributed by atoms with Crippen LogP contribution in [0.4, 0.5) is 0 Å². The molecule has 2 heteroatoms. The molecule has 0 aliphatic heterocycles. The zero-order chi connectivity index (χ0) is 13.1. The summed E-state index contributed by atoms with van der Waals surface area (Å²) in [5, 5.41) is 0. The minimum Gasteiger partial charge on any atom is -0.490 e. The van der Waals surface area contributed by atoms with Gasteiger partial charge in [0.25, 0.3) is 0 Å². The van der Waals surface area contributed by atoms with Gasteiger partial charge in [0.2, 0.25) is 0 Å². The van der Waals surface area contributed by atoms with E-state index >= 15 is 0 Å². The molecule has 0 spiro atoms. The summed E-state index contributed by atoms with van der Waals surface area (Å²) < 4.78 is 6.19. The minimum atomic E-state index is 0.0286. The maximum absolute atomic E-state index is 6.19. The first kappa shape index (κ1) is 13.4. The Morgan fingerprint density at radius 1 is 1.33 bits per heavy atom. The van der Waals surface area contributed by atoms with Crippen molar-refractivity contribution >= 4 is 0 Å². The molecule has 0 heterocycles. The summed E-state index contributed by atoms with van der Waals surface area (Å²) in [4.78, 5) is 0. The molecular weight excluding hydrogens is 222 g/mol. The van der Waals surface area contributed by atoms with E-state index in [-0.39, 0.29) is 6.04 Å². The molecule has 2 rings (SSSR count). The fourth-order valence-corrected chi connectivity index (χ4v) is 2.80. The van der Waals surface area contributed by atoms with E-state index in [1.54, 1.807) is 0 Å². The molecule has 0 aromatic heterocycles. The zero-order valence-electron chi connectivity index (χ0n) is 11.8. The standard InChI is InChI=1S/C16H25NO/c1-11-5-4-6-14(9-11)18-16-8-7-12(2)10-15(16)13(3)17/h7-8,10-11,13-14H,4-6,9,17H2,1-3H3/t11?,13-,14?/m0/s1. The average Bonchev–Trinajstić information content (AvgIpc) is 2.31. The molecule has 18 heavy (non-hydrogen) atoms. The molecule has 2 nitrogen and oxygen atoms in total.